The second kappa shape index (κ2) is 13.0. The smallest absolute Gasteiger partial charge is 0.306 e. The van der Waals surface area contributed by atoms with Crippen LogP contribution in [0.2, 0.25) is 0 Å². The van der Waals surface area contributed by atoms with Gasteiger partial charge in [0.2, 0.25) is 11.8 Å². The number of benzene rings is 1. The Balaban J connectivity index is 1.40. The molecule has 3 fully saturated rings. The summed E-state index contributed by atoms with van der Waals surface area (Å²) < 4.78 is 49.7. The van der Waals surface area contributed by atoms with Gasteiger partial charge >= 0.3 is 5.97 Å². The Hall–Kier alpha value is -3.37. The number of carbonyl (C=O) groups excluding carboxylic acids is 3. The van der Waals surface area contributed by atoms with Gasteiger partial charge in [-0.25, -0.2) is 9.97 Å². The van der Waals surface area contributed by atoms with Gasteiger partial charge in [0, 0.05) is 18.4 Å². The molecule has 0 unspecified atom stereocenters. The first-order valence-corrected chi connectivity index (χ1v) is 16.9. The maximum absolute atomic E-state index is 16.0. The number of esters is 1. The zero-order valence-corrected chi connectivity index (χ0v) is 27.0. The van der Waals surface area contributed by atoms with Crippen molar-refractivity contribution in [1.82, 2.24) is 14.9 Å². The molecule has 46 heavy (non-hydrogen) atoms. The van der Waals surface area contributed by atoms with Crippen molar-refractivity contribution in [2.45, 2.75) is 115 Å². The summed E-state index contributed by atoms with van der Waals surface area (Å²) in [4.78, 5) is 50.7. The first-order chi connectivity index (χ1) is 22.0. The van der Waals surface area contributed by atoms with E-state index in [4.69, 9.17) is 14.2 Å². The molecule has 0 radical (unpaired) electrons. The van der Waals surface area contributed by atoms with Crippen LogP contribution in [0, 0.1) is 23.2 Å². The van der Waals surface area contributed by atoms with E-state index in [1.807, 2.05) is 0 Å². The number of ether oxygens (including phenoxy) is 3. The number of hydrogen-bond donors (Lipinski definition) is 0. The fraction of sp³-hybridized carbons (Fsp3) is 0.686. The standard InChI is InChI=1S/C35H45F2N3O6/c1-21-27(20-41)40-19-29(21)46-32-31(38-25-13-12-23(44-3)17-26(25)39-32)35(36,37)16-5-4-9-22-10-8-11-28(22)45-30(42)18-24(33(40)43)34(2)14-6-7-15-34/h12-13,17,20-22,24,27-29H,4-11,14-16,18-19H2,1-3H3/t21-,22+,24+,27+,28+,29-/m0/s1. The minimum atomic E-state index is -3.34. The Kier molecular flexibility index (Phi) is 9.22. The number of aromatic nitrogens is 2. The van der Waals surface area contributed by atoms with Crippen molar-refractivity contribution in [2.24, 2.45) is 23.2 Å². The molecule has 250 valence electrons. The van der Waals surface area contributed by atoms with E-state index in [0.717, 1.165) is 51.2 Å². The summed E-state index contributed by atoms with van der Waals surface area (Å²) in [7, 11) is 1.51. The molecule has 1 aromatic carbocycles. The van der Waals surface area contributed by atoms with E-state index in [1.165, 1.54) is 12.0 Å². The van der Waals surface area contributed by atoms with E-state index in [9.17, 15) is 14.4 Å². The average Bonchev–Trinajstić information content (AvgIpc) is 3.76. The zero-order valence-electron chi connectivity index (χ0n) is 27.0. The second-order valence-electron chi connectivity index (χ2n) is 14.2. The fourth-order valence-electron chi connectivity index (χ4n) is 8.28. The van der Waals surface area contributed by atoms with Gasteiger partial charge in [0.05, 0.1) is 43.1 Å². The van der Waals surface area contributed by atoms with Gasteiger partial charge in [-0.1, -0.05) is 33.1 Å². The number of amides is 1. The van der Waals surface area contributed by atoms with Crippen molar-refractivity contribution in [3.05, 3.63) is 23.9 Å². The highest BCUT2D eigenvalue weighted by molar-refractivity contribution is 5.87. The van der Waals surface area contributed by atoms with Crippen molar-refractivity contribution < 1.29 is 37.4 Å². The van der Waals surface area contributed by atoms with Crippen LogP contribution in [0.4, 0.5) is 8.78 Å². The van der Waals surface area contributed by atoms with Crippen LogP contribution in [0.3, 0.4) is 0 Å². The molecule has 6 atom stereocenters. The van der Waals surface area contributed by atoms with Gasteiger partial charge in [-0.15, -0.1) is 0 Å². The molecule has 2 aliphatic carbocycles. The van der Waals surface area contributed by atoms with Gasteiger partial charge in [0.15, 0.2) is 5.69 Å². The molecule has 4 aliphatic rings. The number of rotatable bonds is 3. The zero-order chi connectivity index (χ0) is 32.6. The lowest BCUT2D eigenvalue weighted by atomic mass is 9.73. The van der Waals surface area contributed by atoms with Crippen LogP contribution < -0.4 is 9.47 Å². The molecule has 0 spiro atoms. The normalized spacial score (nSPS) is 31.7. The molecule has 1 amide bonds. The van der Waals surface area contributed by atoms with Crippen LogP contribution in [0.5, 0.6) is 11.6 Å². The molecule has 3 heterocycles. The number of hydrogen-bond acceptors (Lipinski definition) is 8. The number of halogens is 2. The van der Waals surface area contributed by atoms with E-state index in [-0.39, 0.29) is 48.7 Å². The van der Waals surface area contributed by atoms with Crippen molar-refractivity contribution >= 4 is 29.2 Å². The summed E-state index contributed by atoms with van der Waals surface area (Å²) in [5.74, 6) is -4.92. The molecule has 2 bridgehead atoms. The molecular weight excluding hydrogens is 596 g/mol. The van der Waals surface area contributed by atoms with Gasteiger partial charge in [-0.05, 0) is 68.4 Å². The molecular formula is C35H45F2N3O6. The van der Waals surface area contributed by atoms with Crippen LogP contribution in [-0.4, -0.2) is 64.9 Å². The van der Waals surface area contributed by atoms with Crippen LogP contribution in [-0.2, 0) is 25.0 Å². The minimum absolute atomic E-state index is 0.00142. The molecule has 2 aromatic rings. The quantitative estimate of drug-likeness (QED) is 0.280. The fourth-order valence-corrected chi connectivity index (χ4v) is 8.28. The van der Waals surface area contributed by atoms with Crippen LogP contribution in [0.25, 0.3) is 11.0 Å². The molecule has 11 heteroatoms. The summed E-state index contributed by atoms with van der Waals surface area (Å²) in [5.41, 5.74) is -0.341. The maximum Gasteiger partial charge on any atom is 0.306 e. The predicted octanol–water partition coefficient (Wildman–Crippen LogP) is 6.40. The van der Waals surface area contributed by atoms with Crippen LogP contribution in [0.1, 0.15) is 96.6 Å². The highest BCUT2D eigenvalue weighted by atomic mass is 19.3. The van der Waals surface area contributed by atoms with Gasteiger partial charge in [-0.3, -0.25) is 9.59 Å². The first-order valence-electron chi connectivity index (χ1n) is 16.9. The van der Waals surface area contributed by atoms with E-state index in [0.29, 0.717) is 24.1 Å². The topological polar surface area (TPSA) is 108 Å². The number of fused-ring (bicyclic) bond motifs is 5. The van der Waals surface area contributed by atoms with Crippen molar-refractivity contribution in [3.63, 3.8) is 0 Å². The molecule has 6 rings (SSSR count). The number of alkyl halides is 2. The highest BCUT2D eigenvalue weighted by Gasteiger charge is 2.51. The Morgan fingerprint density at radius 2 is 1.70 bits per heavy atom. The monoisotopic (exact) mass is 641 g/mol. The Morgan fingerprint density at radius 1 is 0.957 bits per heavy atom. The summed E-state index contributed by atoms with van der Waals surface area (Å²) in [6.45, 7) is 3.82. The Bertz CT molecular complexity index is 1460. The molecule has 9 nitrogen and oxygen atoms in total. The van der Waals surface area contributed by atoms with Gasteiger partial charge in [0.1, 0.15) is 24.2 Å². The minimum Gasteiger partial charge on any atom is -0.497 e. The third-order valence-corrected chi connectivity index (χ3v) is 11.2. The van der Waals surface area contributed by atoms with Gasteiger partial charge < -0.3 is 23.9 Å². The lowest BCUT2D eigenvalue weighted by Gasteiger charge is -2.36. The summed E-state index contributed by atoms with van der Waals surface area (Å²) >= 11 is 0. The largest absolute Gasteiger partial charge is 0.497 e. The van der Waals surface area contributed by atoms with E-state index >= 15 is 8.78 Å². The van der Waals surface area contributed by atoms with Gasteiger partial charge in [0.25, 0.3) is 5.92 Å². The van der Waals surface area contributed by atoms with Crippen LogP contribution >= 0.6 is 0 Å². The first kappa shape index (κ1) is 32.6. The Labute approximate surface area is 268 Å². The average molecular weight is 642 g/mol. The summed E-state index contributed by atoms with van der Waals surface area (Å²) in [6, 6.07) is 4.00. The lowest BCUT2D eigenvalue weighted by Crippen LogP contribution is -2.47. The predicted molar refractivity (Wildman–Crippen MR) is 165 cm³/mol. The number of aldehydes is 1. The van der Waals surface area contributed by atoms with Gasteiger partial charge in [-0.2, -0.15) is 8.78 Å². The maximum atomic E-state index is 16.0. The summed E-state index contributed by atoms with van der Waals surface area (Å²) in [6.07, 6.45) is 6.67. The SMILES string of the molecule is COc1ccc2nc3c(nc2c1)O[C@H]1CN(C(=O)[C@H](C2(C)CCCC2)CC(=O)O[C@@H]2CCC[C@H]2CCCCC3(F)F)[C@H](C=O)[C@@H]1C. The number of nitrogens with zero attached hydrogens (tertiary/aromatic N) is 3. The van der Waals surface area contributed by atoms with Crippen molar-refractivity contribution in [3.8, 4) is 11.6 Å². The summed E-state index contributed by atoms with van der Waals surface area (Å²) in [5, 5.41) is 0. The molecule has 2 saturated carbocycles. The molecule has 1 aromatic heterocycles. The highest BCUT2D eigenvalue weighted by Crippen LogP contribution is 2.48. The third-order valence-electron chi connectivity index (χ3n) is 11.2. The van der Waals surface area contributed by atoms with Crippen molar-refractivity contribution in [1.29, 1.82) is 0 Å². The lowest BCUT2D eigenvalue weighted by molar-refractivity contribution is -0.158. The number of methoxy groups -OCH3 is 1. The van der Waals surface area contributed by atoms with E-state index in [2.05, 4.69) is 16.9 Å². The van der Waals surface area contributed by atoms with Crippen LogP contribution in [0.15, 0.2) is 18.2 Å². The molecule has 0 N–H and O–H groups in total. The molecule has 1 saturated heterocycles. The number of carbonyl (C=O) groups is 3. The molecule has 2 aliphatic heterocycles. The van der Waals surface area contributed by atoms with Crippen molar-refractivity contribution in [2.75, 3.05) is 13.7 Å². The third kappa shape index (κ3) is 6.30. The Morgan fingerprint density at radius 3 is 2.43 bits per heavy atom. The van der Waals surface area contributed by atoms with E-state index < -0.39 is 53.4 Å². The second-order valence-corrected chi connectivity index (χ2v) is 14.2. The van der Waals surface area contributed by atoms with E-state index in [1.54, 1.807) is 25.1 Å².